The Morgan fingerprint density at radius 3 is 2.71 bits per heavy atom. The Balaban J connectivity index is 1.86. The second-order valence-electron chi connectivity index (χ2n) is 4.98. The van der Waals surface area contributed by atoms with Crippen molar-refractivity contribution in [1.82, 2.24) is 10.0 Å². The lowest BCUT2D eigenvalue weighted by Crippen LogP contribution is -2.37. The lowest BCUT2D eigenvalue weighted by atomic mass is 10.2. The van der Waals surface area contributed by atoms with Crippen LogP contribution in [-0.4, -0.2) is 27.5 Å². The molecule has 0 aliphatic rings. The molecule has 2 N–H and O–H groups in total. The largest absolute Gasteiger partial charge is 0.494 e. The van der Waals surface area contributed by atoms with Crippen LogP contribution in [0.5, 0.6) is 5.75 Å². The third kappa shape index (κ3) is 5.71. The molecule has 2 aromatic rings. The summed E-state index contributed by atoms with van der Waals surface area (Å²) in [5, 5.41) is 2.57. The Morgan fingerprint density at radius 2 is 2.00 bits per heavy atom. The first-order valence-electron chi connectivity index (χ1n) is 7.47. The molecule has 1 heterocycles. The van der Waals surface area contributed by atoms with Crippen LogP contribution in [0.1, 0.15) is 18.2 Å². The number of rotatable bonds is 9. The highest BCUT2D eigenvalue weighted by Crippen LogP contribution is 2.19. The Morgan fingerprint density at radius 1 is 1.21 bits per heavy atom. The second kappa shape index (κ2) is 8.51. The van der Waals surface area contributed by atoms with Crippen LogP contribution in [-0.2, 0) is 27.1 Å². The number of ether oxygens (including phenoxy) is 1. The number of carbonyl (C=O) groups is 1. The second-order valence-corrected chi connectivity index (χ2v) is 6.78. The molecule has 0 aliphatic carbocycles. The van der Waals surface area contributed by atoms with Gasteiger partial charge in [-0.2, -0.15) is 0 Å². The van der Waals surface area contributed by atoms with E-state index in [1.54, 1.807) is 36.4 Å². The number of carbonyl (C=O) groups excluding carboxylic acids is 1. The van der Waals surface area contributed by atoms with Gasteiger partial charge in [0, 0.05) is 5.56 Å². The van der Waals surface area contributed by atoms with E-state index in [1.165, 1.54) is 6.26 Å². The standard InChI is InChI=1S/C16H20N2O5S/c1-2-22-15-8-4-3-6-13(15)12-24(20,21)18-11-16(19)17-10-14-7-5-9-23-14/h3-9,18H,2,10-12H2,1H3,(H,17,19). The van der Waals surface area contributed by atoms with Crippen LogP contribution in [0.25, 0.3) is 0 Å². The zero-order valence-electron chi connectivity index (χ0n) is 13.3. The molecule has 0 fully saturated rings. The van der Waals surface area contributed by atoms with E-state index in [4.69, 9.17) is 9.15 Å². The summed E-state index contributed by atoms with van der Waals surface area (Å²) in [4.78, 5) is 11.7. The van der Waals surface area contributed by atoms with E-state index >= 15 is 0 Å². The monoisotopic (exact) mass is 352 g/mol. The molecule has 130 valence electrons. The molecule has 0 saturated heterocycles. The number of benzene rings is 1. The third-order valence-corrected chi connectivity index (χ3v) is 4.39. The van der Waals surface area contributed by atoms with E-state index in [2.05, 4.69) is 10.0 Å². The highest BCUT2D eigenvalue weighted by molar-refractivity contribution is 7.88. The lowest BCUT2D eigenvalue weighted by molar-refractivity contribution is -0.120. The number of hydrogen-bond donors (Lipinski definition) is 2. The van der Waals surface area contributed by atoms with E-state index in [0.29, 0.717) is 23.7 Å². The average molecular weight is 352 g/mol. The number of amides is 1. The number of nitrogens with one attached hydrogen (secondary N) is 2. The van der Waals surface area contributed by atoms with Crippen molar-refractivity contribution in [3.8, 4) is 5.75 Å². The maximum Gasteiger partial charge on any atom is 0.235 e. The van der Waals surface area contributed by atoms with Crippen molar-refractivity contribution in [2.24, 2.45) is 0 Å². The van der Waals surface area contributed by atoms with Gasteiger partial charge in [0.15, 0.2) is 0 Å². The van der Waals surface area contributed by atoms with Crippen LogP contribution in [0, 0.1) is 0 Å². The van der Waals surface area contributed by atoms with Crippen molar-refractivity contribution in [1.29, 1.82) is 0 Å². The first-order chi connectivity index (χ1) is 11.5. The van der Waals surface area contributed by atoms with Crippen LogP contribution in [0.4, 0.5) is 0 Å². The van der Waals surface area contributed by atoms with Crippen molar-refractivity contribution in [3.05, 3.63) is 54.0 Å². The molecule has 0 unspecified atom stereocenters. The van der Waals surface area contributed by atoms with Crippen LogP contribution < -0.4 is 14.8 Å². The van der Waals surface area contributed by atoms with E-state index < -0.39 is 15.9 Å². The van der Waals surface area contributed by atoms with Crippen LogP contribution >= 0.6 is 0 Å². The van der Waals surface area contributed by atoms with Crippen LogP contribution in [0.3, 0.4) is 0 Å². The maximum atomic E-state index is 12.1. The van der Waals surface area contributed by atoms with E-state index in [0.717, 1.165) is 0 Å². The van der Waals surface area contributed by atoms with Gasteiger partial charge in [-0.25, -0.2) is 13.1 Å². The highest BCUT2D eigenvalue weighted by Gasteiger charge is 2.16. The fourth-order valence-corrected chi connectivity index (χ4v) is 3.11. The number of furan rings is 1. The molecule has 24 heavy (non-hydrogen) atoms. The third-order valence-electron chi connectivity index (χ3n) is 3.11. The summed E-state index contributed by atoms with van der Waals surface area (Å²) in [5.74, 6) is 0.423. The van der Waals surface area contributed by atoms with Crippen LogP contribution in [0.2, 0.25) is 0 Å². The predicted octanol–water partition coefficient (Wildman–Crippen LogP) is 1.41. The molecule has 0 aliphatic heterocycles. The predicted molar refractivity (Wildman–Crippen MR) is 88.8 cm³/mol. The summed E-state index contributed by atoms with van der Waals surface area (Å²) in [6.07, 6.45) is 1.50. The van der Waals surface area contributed by atoms with Gasteiger partial charge >= 0.3 is 0 Å². The lowest BCUT2D eigenvalue weighted by Gasteiger charge is -2.11. The van der Waals surface area contributed by atoms with Crippen molar-refractivity contribution < 1.29 is 22.4 Å². The zero-order chi connectivity index (χ0) is 17.4. The molecule has 2 rings (SSSR count). The molecular weight excluding hydrogens is 332 g/mol. The zero-order valence-corrected chi connectivity index (χ0v) is 14.1. The van der Waals surface area contributed by atoms with Crippen LogP contribution in [0.15, 0.2) is 47.1 Å². The molecule has 0 bridgehead atoms. The van der Waals surface area contributed by atoms with Crippen molar-refractivity contribution >= 4 is 15.9 Å². The van der Waals surface area contributed by atoms with Crippen molar-refractivity contribution in [3.63, 3.8) is 0 Å². The van der Waals surface area contributed by atoms with E-state index in [9.17, 15) is 13.2 Å². The minimum absolute atomic E-state index is 0.209. The van der Waals surface area contributed by atoms with Gasteiger partial charge < -0.3 is 14.5 Å². The van der Waals surface area contributed by atoms with E-state index in [-0.39, 0.29) is 18.8 Å². The molecule has 0 atom stereocenters. The summed E-state index contributed by atoms with van der Waals surface area (Å²) in [5.41, 5.74) is 0.544. The number of sulfonamides is 1. The van der Waals surface area contributed by atoms with Gasteiger partial charge in [0.2, 0.25) is 15.9 Å². The molecule has 0 saturated carbocycles. The Labute approximate surface area is 141 Å². The first kappa shape index (κ1) is 18.0. The fourth-order valence-electron chi connectivity index (χ4n) is 2.01. The molecular formula is C16H20N2O5S. The summed E-state index contributed by atoms with van der Waals surface area (Å²) in [7, 11) is -3.66. The van der Waals surface area contributed by atoms with Gasteiger partial charge in [-0.05, 0) is 25.1 Å². The fraction of sp³-hybridized carbons (Fsp3) is 0.312. The molecule has 1 aromatic carbocycles. The molecule has 0 radical (unpaired) electrons. The smallest absolute Gasteiger partial charge is 0.235 e. The minimum atomic E-state index is -3.66. The average Bonchev–Trinajstić information content (AvgIpc) is 3.06. The number of hydrogen-bond acceptors (Lipinski definition) is 5. The molecule has 1 amide bonds. The maximum absolute atomic E-state index is 12.1. The van der Waals surface area contributed by atoms with Gasteiger partial charge in [-0.15, -0.1) is 0 Å². The number of para-hydroxylation sites is 1. The topological polar surface area (TPSA) is 97.6 Å². The van der Waals surface area contributed by atoms with Gasteiger partial charge in [-0.1, -0.05) is 18.2 Å². The molecule has 1 aromatic heterocycles. The normalized spacial score (nSPS) is 11.2. The van der Waals surface area contributed by atoms with Gasteiger partial charge in [0.1, 0.15) is 11.5 Å². The van der Waals surface area contributed by atoms with Gasteiger partial charge in [0.25, 0.3) is 0 Å². The quantitative estimate of drug-likeness (QED) is 0.711. The molecule has 0 spiro atoms. The Bertz CT molecular complexity index is 757. The molecule has 8 heteroatoms. The summed E-state index contributed by atoms with van der Waals surface area (Å²) >= 11 is 0. The highest BCUT2D eigenvalue weighted by atomic mass is 32.2. The van der Waals surface area contributed by atoms with Crippen molar-refractivity contribution in [2.75, 3.05) is 13.2 Å². The van der Waals surface area contributed by atoms with E-state index in [1.807, 2.05) is 6.92 Å². The Hall–Kier alpha value is -2.32. The summed E-state index contributed by atoms with van der Waals surface area (Å²) < 4.78 is 37.0. The van der Waals surface area contributed by atoms with Gasteiger partial charge in [-0.3, -0.25) is 4.79 Å². The van der Waals surface area contributed by atoms with Gasteiger partial charge in [0.05, 0.1) is 31.7 Å². The SMILES string of the molecule is CCOc1ccccc1CS(=O)(=O)NCC(=O)NCc1ccco1. The van der Waals surface area contributed by atoms with Crippen molar-refractivity contribution in [2.45, 2.75) is 19.2 Å². The summed E-state index contributed by atoms with van der Waals surface area (Å²) in [6, 6.07) is 10.3. The minimum Gasteiger partial charge on any atom is -0.494 e. The Kier molecular flexibility index (Phi) is 6.39. The summed E-state index contributed by atoms with van der Waals surface area (Å²) in [6.45, 7) is 2.15. The molecule has 7 nitrogen and oxygen atoms in total. The first-order valence-corrected chi connectivity index (χ1v) is 9.12.